The lowest BCUT2D eigenvalue weighted by Gasteiger charge is -2.17. The van der Waals surface area contributed by atoms with Gasteiger partial charge in [-0.2, -0.15) is 9.36 Å². The minimum Gasteiger partial charge on any atom is -0.340 e. The summed E-state index contributed by atoms with van der Waals surface area (Å²) in [6, 6.07) is 17.1. The minimum absolute atomic E-state index is 0.144. The Labute approximate surface area is 151 Å². The topological polar surface area (TPSA) is 73.0 Å². The number of hydrogen-bond donors (Lipinski definition) is 0. The quantitative estimate of drug-likeness (QED) is 0.677. The number of benzene rings is 2. The highest BCUT2D eigenvalue weighted by molar-refractivity contribution is 5.75. The van der Waals surface area contributed by atoms with Crippen LogP contribution < -0.4 is 5.69 Å². The van der Waals surface area contributed by atoms with Crippen molar-refractivity contribution in [3.63, 3.8) is 0 Å². The Bertz CT molecular complexity index is 929. The van der Waals surface area contributed by atoms with Crippen LogP contribution in [0.2, 0.25) is 0 Å². The maximum atomic E-state index is 12.4. The Morgan fingerprint density at radius 2 is 1.65 bits per heavy atom. The lowest BCUT2D eigenvalue weighted by Crippen LogP contribution is -2.34. The molecular formula is C19H21N5O2. The first kappa shape index (κ1) is 17.6. The molecule has 0 fully saturated rings. The van der Waals surface area contributed by atoms with Gasteiger partial charge in [0, 0.05) is 13.6 Å². The fourth-order valence-corrected chi connectivity index (χ4v) is 2.60. The van der Waals surface area contributed by atoms with E-state index in [0.717, 1.165) is 16.7 Å². The van der Waals surface area contributed by atoms with Gasteiger partial charge in [0.2, 0.25) is 5.91 Å². The van der Waals surface area contributed by atoms with Crippen molar-refractivity contribution in [2.45, 2.75) is 26.4 Å². The smallest absolute Gasteiger partial charge is 0.340 e. The Morgan fingerprint density at radius 1 is 1.00 bits per heavy atom. The molecule has 3 rings (SSSR count). The number of aromatic nitrogens is 4. The average molecular weight is 351 g/mol. The number of hydrogen-bond acceptors (Lipinski definition) is 4. The summed E-state index contributed by atoms with van der Waals surface area (Å²) in [6.07, 6.45) is 0.981. The molecule has 0 N–H and O–H groups in total. The van der Waals surface area contributed by atoms with Crippen LogP contribution in [-0.4, -0.2) is 37.6 Å². The largest absolute Gasteiger partial charge is 0.368 e. The van der Waals surface area contributed by atoms with E-state index in [4.69, 9.17) is 0 Å². The fraction of sp³-hybridized carbons (Fsp3) is 0.263. The Hall–Kier alpha value is -3.22. The predicted octanol–water partition coefficient (Wildman–Crippen LogP) is 1.65. The number of carbonyl (C=O) groups excluding carboxylic acids is 1. The molecule has 0 radical (unpaired) electrons. The number of amides is 1. The Morgan fingerprint density at radius 3 is 2.31 bits per heavy atom. The van der Waals surface area contributed by atoms with Crippen LogP contribution in [-0.2, 0) is 24.3 Å². The number of likely N-dealkylation sites (N-methyl/N-ethyl adjacent to an activating group) is 1. The summed E-state index contributed by atoms with van der Waals surface area (Å²) < 4.78 is 2.25. The highest BCUT2D eigenvalue weighted by Gasteiger charge is 2.15. The third kappa shape index (κ3) is 3.88. The van der Waals surface area contributed by atoms with Crippen molar-refractivity contribution in [2.24, 2.45) is 0 Å². The van der Waals surface area contributed by atoms with Crippen LogP contribution in [0.5, 0.6) is 0 Å². The monoisotopic (exact) mass is 351 g/mol. The molecule has 7 nitrogen and oxygen atoms in total. The molecule has 0 atom stereocenters. The van der Waals surface area contributed by atoms with Gasteiger partial charge in [0.25, 0.3) is 0 Å². The van der Waals surface area contributed by atoms with Crippen molar-refractivity contribution in [1.82, 2.24) is 24.7 Å². The first-order chi connectivity index (χ1) is 12.6. The first-order valence-corrected chi connectivity index (χ1v) is 8.48. The second-order valence-electron chi connectivity index (χ2n) is 6.09. The van der Waals surface area contributed by atoms with Gasteiger partial charge in [-0.05, 0) is 40.1 Å². The van der Waals surface area contributed by atoms with Crippen molar-refractivity contribution >= 4 is 5.91 Å². The SMILES string of the molecule is CCc1ccc(CN(C)C(=O)Cn2nnn(-c3ccccc3)c2=O)cc1. The minimum atomic E-state index is -0.440. The Balaban J connectivity index is 1.67. The molecule has 0 spiro atoms. The van der Waals surface area contributed by atoms with E-state index in [1.807, 2.05) is 30.3 Å². The van der Waals surface area contributed by atoms with E-state index >= 15 is 0 Å². The molecule has 3 aromatic rings. The zero-order valence-corrected chi connectivity index (χ0v) is 14.9. The Kier molecular flexibility index (Phi) is 5.26. The van der Waals surface area contributed by atoms with Gasteiger partial charge in [-0.15, -0.1) is 0 Å². The van der Waals surface area contributed by atoms with E-state index in [-0.39, 0.29) is 12.5 Å². The summed E-state index contributed by atoms with van der Waals surface area (Å²) in [6.45, 7) is 2.44. The summed E-state index contributed by atoms with van der Waals surface area (Å²) >= 11 is 0. The second kappa shape index (κ2) is 7.77. The van der Waals surface area contributed by atoms with Crippen molar-refractivity contribution in [3.8, 4) is 5.69 Å². The fourth-order valence-electron chi connectivity index (χ4n) is 2.60. The van der Waals surface area contributed by atoms with Crippen LogP contribution >= 0.6 is 0 Å². The van der Waals surface area contributed by atoms with Gasteiger partial charge in [0.15, 0.2) is 0 Å². The lowest BCUT2D eigenvalue weighted by molar-refractivity contribution is -0.131. The summed E-state index contributed by atoms with van der Waals surface area (Å²) in [4.78, 5) is 26.4. The van der Waals surface area contributed by atoms with Gasteiger partial charge in [-0.25, -0.2) is 4.79 Å². The van der Waals surface area contributed by atoms with Gasteiger partial charge in [0.1, 0.15) is 6.54 Å². The highest BCUT2D eigenvalue weighted by Crippen LogP contribution is 2.08. The van der Waals surface area contributed by atoms with E-state index in [1.54, 1.807) is 24.1 Å². The number of carbonyl (C=O) groups is 1. The van der Waals surface area contributed by atoms with Gasteiger partial charge >= 0.3 is 5.69 Å². The molecule has 0 saturated heterocycles. The van der Waals surface area contributed by atoms with Crippen LogP contribution in [0, 0.1) is 0 Å². The number of nitrogens with zero attached hydrogens (tertiary/aromatic N) is 5. The van der Waals surface area contributed by atoms with E-state index < -0.39 is 5.69 Å². The molecule has 0 saturated carbocycles. The molecule has 0 aliphatic heterocycles. The molecule has 7 heteroatoms. The van der Waals surface area contributed by atoms with Gasteiger partial charge in [-0.1, -0.05) is 49.4 Å². The molecule has 0 bridgehead atoms. The maximum absolute atomic E-state index is 12.4. The molecule has 1 amide bonds. The van der Waals surface area contributed by atoms with Crippen molar-refractivity contribution < 1.29 is 4.79 Å². The second-order valence-corrected chi connectivity index (χ2v) is 6.09. The van der Waals surface area contributed by atoms with E-state index in [1.165, 1.54) is 10.2 Å². The van der Waals surface area contributed by atoms with E-state index in [0.29, 0.717) is 12.2 Å². The number of rotatable bonds is 6. The lowest BCUT2D eigenvalue weighted by atomic mass is 10.1. The average Bonchev–Trinajstić information content (AvgIpc) is 3.03. The molecular weight excluding hydrogens is 330 g/mol. The third-order valence-corrected chi connectivity index (χ3v) is 4.20. The molecule has 134 valence electrons. The predicted molar refractivity (Wildman–Crippen MR) is 97.9 cm³/mol. The van der Waals surface area contributed by atoms with Crippen LogP contribution in [0.25, 0.3) is 5.69 Å². The molecule has 26 heavy (non-hydrogen) atoms. The van der Waals surface area contributed by atoms with Crippen LogP contribution in [0.3, 0.4) is 0 Å². The van der Waals surface area contributed by atoms with Crippen molar-refractivity contribution in [2.75, 3.05) is 7.05 Å². The summed E-state index contributed by atoms with van der Waals surface area (Å²) in [7, 11) is 1.71. The number of tetrazole rings is 1. The van der Waals surface area contributed by atoms with Crippen molar-refractivity contribution in [3.05, 3.63) is 76.2 Å². The van der Waals surface area contributed by atoms with E-state index in [9.17, 15) is 9.59 Å². The van der Waals surface area contributed by atoms with Crippen molar-refractivity contribution in [1.29, 1.82) is 0 Å². The van der Waals surface area contributed by atoms with Gasteiger partial charge in [0.05, 0.1) is 5.69 Å². The molecule has 0 aliphatic carbocycles. The maximum Gasteiger partial charge on any atom is 0.368 e. The highest BCUT2D eigenvalue weighted by atomic mass is 16.2. The van der Waals surface area contributed by atoms with Crippen LogP contribution in [0.1, 0.15) is 18.1 Å². The molecule has 0 unspecified atom stereocenters. The van der Waals surface area contributed by atoms with Crippen LogP contribution in [0.15, 0.2) is 59.4 Å². The van der Waals surface area contributed by atoms with Gasteiger partial charge in [-0.3, -0.25) is 4.79 Å². The molecule has 2 aromatic carbocycles. The molecule has 1 aromatic heterocycles. The number of aryl methyl sites for hydroxylation is 1. The van der Waals surface area contributed by atoms with E-state index in [2.05, 4.69) is 29.5 Å². The standard InChI is InChI=1S/C19H21N5O2/c1-3-15-9-11-16(12-10-15)13-22(2)18(25)14-23-19(26)24(21-20-23)17-7-5-4-6-8-17/h4-12H,3,13-14H2,1-2H3. The first-order valence-electron chi connectivity index (χ1n) is 8.48. The third-order valence-electron chi connectivity index (χ3n) is 4.20. The zero-order valence-electron chi connectivity index (χ0n) is 14.9. The van der Waals surface area contributed by atoms with Crippen LogP contribution in [0.4, 0.5) is 0 Å². The van der Waals surface area contributed by atoms with Gasteiger partial charge < -0.3 is 4.90 Å². The molecule has 1 heterocycles. The summed E-state index contributed by atoms with van der Waals surface area (Å²) in [5.74, 6) is -0.202. The summed E-state index contributed by atoms with van der Waals surface area (Å²) in [5, 5.41) is 7.66. The zero-order chi connectivity index (χ0) is 18.5. The normalized spacial score (nSPS) is 10.7. The molecule has 0 aliphatic rings. The number of para-hydroxylation sites is 1. The summed E-state index contributed by atoms with van der Waals surface area (Å²) in [5.41, 5.74) is 2.47.